The fourth-order valence-corrected chi connectivity index (χ4v) is 2.13. The van der Waals surface area contributed by atoms with Crippen molar-refractivity contribution < 1.29 is 0 Å². The maximum absolute atomic E-state index is 5.99. The van der Waals surface area contributed by atoms with Gasteiger partial charge in [0.1, 0.15) is 5.82 Å². The number of rotatable bonds is 4. The smallest absolute Gasteiger partial charge is 0.128 e. The summed E-state index contributed by atoms with van der Waals surface area (Å²) in [7, 11) is 2.01. The van der Waals surface area contributed by atoms with E-state index >= 15 is 0 Å². The highest BCUT2D eigenvalue weighted by Crippen LogP contribution is 2.18. The second-order valence-corrected chi connectivity index (χ2v) is 5.16. The molecule has 4 heteroatoms. The summed E-state index contributed by atoms with van der Waals surface area (Å²) in [5.74, 6) is 0.912. The van der Waals surface area contributed by atoms with Gasteiger partial charge >= 0.3 is 0 Å². The van der Waals surface area contributed by atoms with Gasteiger partial charge in [0, 0.05) is 30.9 Å². The van der Waals surface area contributed by atoms with Gasteiger partial charge in [-0.3, -0.25) is 0 Å². The van der Waals surface area contributed by atoms with E-state index in [0.29, 0.717) is 0 Å². The van der Waals surface area contributed by atoms with Crippen molar-refractivity contribution in [2.24, 2.45) is 5.73 Å². The lowest BCUT2D eigenvalue weighted by Crippen LogP contribution is -2.18. The molecular weight excluding hydrogens is 258 g/mol. The van der Waals surface area contributed by atoms with Crippen LogP contribution in [0.1, 0.15) is 24.1 Å². The summed E-state index contributed by atoms with van der Waals surface area (Å²) in [6.45, 7) is 2.73. The van der Waals surface area contributed by atoms with Gasteiger partial charge in [0.05, 0.1) is 0 Å². The van der Waals surface area contributed by atoms with Crippen molar-refractivity contribution in [3.63, 3.8) is 0 Å². The topological polar surface area (TPSA) is 42.1 Å². The van der Waals surface area contributed by atoms with Crippen LogP contribution in [0.4, 0.5) is 5.82 Å². The lowest BCUT2D eigenvalue weighted by Gasteiger charge is -2.19. The Kier molecular flexibility index (Phi) is 4.40. The van der Waals surface area contributed by atoms with E-state index < -0.39 is 0 Å². The van der Waals surface area contributed by atoms with E-state index in [1.807, 2.05) is 44.3 Å². The van der Waals surface area contributed by atoms with Crippen LogP contribution in [0.5, 0.6) is 0 Å². The second-order valence-electron chi connectivity index (χ2n) is 4.72. The molecule has 19 heavy (non-hydrogen) atoms. The van der Waals surface area contributed by atoms with E-state index in [2.05, 4.69) is 16.0 Å². The van der Waals surface area contributed by atoms with Crippen LogP contribution in [-0.2, 0) is 6.54 Å². The summed E-state index contributed by atoms with van der Waals surface area (Å²) >= 11 is 5.99. The van der Waals surface area contributed by atoms with Crippen LogP contribution in [0.15, 0.2) is 42.6 Å². The zero-order valence-electron chi connectivity index (χ0n) is 11.2. The van der Waals surface area contributed by atoms with Crippen LogP contribution < -0.4 is 10.6 Å². The third-order valence-corrected chi connectivity index (χ3v) is 3.23. The summed E-state index contributed by atoms with van der Waals surface area (Å²) in [5, 5.41) is 0.753. The van der Waals surface area contributed by atoms with Crippen LogP contribution in [0.25, 0.3) is 0 Å². The summed E-state index contributed by atoms with van der Waals surface area (Å²) in [6, 6.07) is 11.8. The van der Waals surface area contributed by atoms with Gasteiger partial charge in [-0.2, -0.15) is 0 Å². The second kappa shape index (κ2) is 6.04. The molecule has 2 rings (SSSR count). The first-order chi connectivity index (χ1) is 9.06. The largest absolute Gasteiger partial charge is 0.355 e. The van der Waals surface area contributed by atoms with Crippen molar-refractivity contribution in [3.05, 3.63) is 58.7 Å². The first kappa shape index (κ1) is 13.8. The van der Waals surface area contributed by atoms with Gasteiger partial charge in [-0.15, -0.1) is 0 Å². The highest BCUT2D eigenvalue weighted by atomic mass is 35.5. The number of anilines is 1. The summed E-state index contributed by atoms with van der Waals surface area (Å²) in [6.07, 6.45) is 1.79. The van der Waals surface area contributed by atoms with Gasteiger partial charge in [0.15, 0.2) is 0 Å². The first-order valence-corrected chi connectivity index (χ1v) is 6.61. The van der Waals surface area contributed by atoms with Gasteiger partial charge < -0.3 is 10.6 Å². The van der Waals surface area contributed by atoms with Crippen molar-refractivity contribution in [2.75, 3.05) is 11.9 Å². The molecule has 0 aliphatic rings. The van der Waals surface area contributed by atoms with Gasteiger partial charge in [-0.05, 0) is 42.3 Å². The maximum Gasteiger partial charge on any atom is 0.128 e. The molecule has 0 spiro atoms. The van der Waals surface area contributed by atoms with Gasteiger partial charge in [-0.25, -0.2) is 4.98 Å². The quantitative estimate of drug-likeness (QED) is 0.930. The average molecular weight is 276 g/mol. The molecule has 0 saturated carbocycles. The number of pyridine rings is 1. The Morgan fingerprint density at radius 2 is 2.11 bits per heavy atom. The number of nitrogens with zero attached hydrogens (tertiary/aromatic N) is 2. The Labute approximate surface area is 119 Å². The molecule has 1 aromatic carbocycles. The van der Waals surface area contributed by atoms with Crippen LogP contribution >= 0.6 is 11.6 Å². The van der Waals surface area contributed by atoms with E-state index in [0.717, 1.165) is 28.5 Å². The van der Waals surface area contributed by atoms with Crippen LogP contribution in [0.3, 0.4) is 0 Å². The van der Waals surface area contributed by atoms with Crippen molar-refractivity contribution >= 4 is 17.4 Å². The van der Waals surface area contributed by atoms with E-state index in [-0.39, 0.29) is 6.04 Å². The Balaban J connectivity index is 2.15. The number of halogens is 1. The van der Waals surface area contributed by atoms with E-state index in [4.69, 9.17) is 17.3 Å². The Bertz CT molecular complexity index is 555. The molecule has 2 N–H and O–H groups in total. The summed E-state index contributed by atoms with van der Waals surface area (Å²) in [5.41, 5.74) is 8.13. The Morgan fingerprint density at radius 3 is 2.79 bits per heavy atom. The Hall–Kier alpha value is -1.58. The van der Waals surface area contributed by atoms with Gasteiger partial charge in [0.25, 0.3) is 0 Å². The standard InChI is InChI=1S/C15H18ClN3/c1-11(17)13-6-7-18-15(9-13)19(2)10-12-4-3-5-14(16)8-12/h3-9,11H,10,17H2,1-2H3/t11-/m1/s1. The van der Waals surface area contributed by atoms with Gasteiger partial charge in [0.2, 0.25) is 0 Å². The van der Waals surface area contributed by atoms with Crippen molar-refractivity contribution in [1.29, 1.82) is 0 Å². The number of hydrogen-bond donors (Lipinski definition) is 1. The SMILES string of the molecule is C[C@@H](N)c1ccnc(N(C)Cc2cccc(Cl)c2)c1. The highest BCUT2D eigenvalue weighted by molar-refractivity contribution is 6.30. The molecule has 0 aliphatic carbocycles. The number of hydrogen-bond acceptors (Lipinski definition) is 3. The Morgan fingerprint density at radius 1 is 1.32 bits per heavy atom. The minimum atomic E-state index is 0.0151. The molecule has 100 valence electrons. The molecule has 0 radical (unpaired) electrons. The van der Waals surface area contributed by atoms with Crippen LogP contribution in [-0.4, -0.2) is 12.0 Å². The van der Waals surface area contributed by atoms with Crippen LogP contribution in [0.2, 0.25) is 5.02 Å². The number of nitrogens with two attached hydrogens (primary N) is 1. The molecule has 0 fully saturated rings. The maximum atomic E-state index is 5.99. The zero-order valence-corrected chi connectivity index (χ0v) is 11.9. The molecule has 2 aromatic rings. The molecule has 0 aliphatic heterocycles. The first-order valence-electron chi connectivity index (χ1n) is 6.23. The van der Waals surface area contributed by atoms with E-state index in [9.17, 15) is 0 Å². The van der Waals surface area contributed by atoms with E-state index in [1.165, 1.54) is 0 Å². The highest BCUT2D eigenvalue weighted by Gasteiger charge is 2.06. The lowest BCUT2D eigenvalue weighted by molar-refractivity contribution is 0.809. The summed E-state index contributed by atoms with van der Waals surface area (Å²) in [4.78, 5) is 6.46. The molecule has 1 atom stereocenters. The fraction of sp³-hybridized carbons (Fsp3) is 0.267. The zero-order chi connectivity index (χ0) is 13.8. The van der Waals surface area contributed by atoms with E-state index in [1.54, 1.807) is 6.20 Å². The predicted molar refractivity (Wildman–Crippen MR) is 80.4 cm³/mol. The monoisotopic (exact) mass is 275 g/mol. The minimum Gasteiger partial charge on any atom is -0.355 e. The normalized spacial score (nSPS) is 12.2. The fourth-order valence-electron chi connectivity index (χ4n) is 1.92. The molecule has 0 saturated heterocycles. The average Bonchev–Trinajstić information content (AvgIpc) is 2.39. The molecule has 1 aromatic heterocycles. The molecule has 0 unspecified atom stereocenters. The molecule has 3 nitrogen and oxygen atoms in total. The lowest BCUT2D eigenvalue weighted by atomic mass is 10.1. The minimum absolute atomic E-state index is 0.0151. The summed E-state index contributed by atoms with van der Waals surface area (Å²) < 4.78 is 0. The third kappa shape index (κ3) is 3.69. The van der Waals surface area contributed by atoms with Crippen LogP contribution in [0, 0.1) is 0 Å². The predicted octanol–water partition coefficient (Wildman–Crippen LogP) is 3.39. The van der Waals surface area contributed by atoms with Gasteiger partial charge in [-0.1, -0.05) is 23.7 Å². The van der Waals surface area contributed by atoms with Crippen molar-refractivity contribution in [2.45, 2.75) is 19.5 Å². The molecule has 0 amide bonds. The molecular formula is C15H18ClN3. The van der Waals surface area contributed by atoms with Crippen molar-refractivity contribution in [1.82, 2.24) is 4.98 Å². The number of aromatic nitrogens is 1. The van der Waals surface area contributed by atoms with Crippen molar-refractivity contribution in [3.8, 4) is 0 Å². The molecule has 1 heterocycles. The molecule has 0 bridgehead atoms. The number of benzene rings is 1. The third-order valence-electron chi connectivity index (χ3n) is 3.00.